The second kappa shape index (κ2) is 6.73. The van der Waals surface area contributed by atoms with Gasteiger partial charge in [-0.2, -0.15) is 0 Å². The molecule has 0 atom stereocenters. The van der Waals surface area contributed by atoms with E-state index in [1.54, 1.807) is 13.8 Å². The number of allylic oxidation sites excluding steroid dienone is 1. The average molecular weight is 261 g/mol. The molecule has 0 fully saturated rings. The number of hydrogen-bond acceptors (Lipinski definition) is 4. The summed E-state index contributed by atoms with van der Waals surface area (Å²) in [6.07, 6.45) is 0. The van der Waals surface area contributed by atoms with Crippen LogP contribution in [0.2, 0.25) is 0 Å². The van der Waals surface area contributed by atoms with Crippen LogP contribution in [0.15, 0.2) is 35.5 Å². The first kappa shape index (κ1) is 15.0. The van der Waals surface area contributed by atoms with E-state index in [-0.39, 0.29) is 18.1 Å². The van der Waals surface area contributed by atoms with Gasteiger partial charge in [0.15, 0.2) is 5.78 Å². The first-order valence-electron chi connectivity index (χ1n) is 6.18. The Morgan fingerprint density at radius 3 is 2.21 bits per heavy atom. The third-order valence-electron chi connectivity index (χ3n) is 2.70. The fraction of sp³-hybridized carbons (Fsp3) is 0.333. The predicted octanol–water partition coefficient (Wildman–Crippen LogP) is 2.83. The zero-order valence-corrected chi connectivity index (χ0v) is 11.7. The highest BCUT2D eigenvalue weighted by Crippen LogP contribution is 2.15. The van der Waals surface area contributed by atoms with E-state index in [9.17, 15) is 9.59 Å². The topological polar surface area (TPSA) is 55.4 Å². The summed E-state index contributed by atoms with van der Waals surface area (Å²) in [5.41, 5.74) is 2.42. The number of nitrogens with one attached hydrogen (secondary N) is 1. The normalized spacial score (nSPS) is 11.6. The van der Waals surface area contributed by atoms with Crippen LogP contribution in [-0.4, -0.2) is 18.4 Å². The van der Waals surface area contributed by atoms with Crippen LogP contribution in [0.4, 0.5) is 5.69 Å². The van der Waals surface area contributed by atoms with Crippen LogP contribution in [0, 0.1) is 6.92 Å². The van der Waals surface area contributed by atoms with Crippen LogP contribution in [0.3, 0.4) is 0 Å². The van der Waals surface area contributed by atoms with Gasteiger partial charge in [-0.1, -0.05) is 17.7 Å². The summed E-state index contributed by atoms with van der Waals surface area (Å²) in [4.78, 5) is 23.3. The van der Waals surface area contributed by atoms with Gasteiger partial charge < -0.3 is 10.1 Å². The minimum Gasteiger partial charge on any atom is -0.461 e. The number of aryl methyl sites for hydroxylation is 1. The first-order valence-corrected chi connectivity index (χ1v) is 6.18. The third-order valence-corrected chi connectivity index (χ3v) is 2.70. The lowest BCUT2D eigenvalue weighted by Crippen LogP contribution is -2.18. The largest absolute Gasteiger partial charge is 0.461 e. The van der Waals surface area contributed by atoms with E-state index in [0.717, 1.165) is 11.3 Å². The highest BCUT2D eigenvalue weighted by atomic mass is 16.5. The second-order valence-electron chi connectivity index (χ2n) is 4.27. The molecule has 4 nitrogen and oxygen atoms in total. The van der Waals surface area contributed by atoms with Crippen molar-refractivity contribution in [2.24, 2.45) is 0 Å². The third kappa shape index (κ3) is 4.25. The molecule has 0 bridgehead atoms. The molecule has 1 aromatic carbocycles. The molecular weight excluding hydrogens is 242 g/mol. The van der Waals surface area contributed by atoms with Gasteiger partial charge in [-0.05, 0) is 39.8 Å². The maximum absolute atomic E-state index is 11.9. The van der Waals surface area contributed by atoms with Gasteiger partial charge in [0.05, 0.1) is 6.61 Å². The molecule has 1 rings (SSSR count). The number of benzene rings is 1. The summed E-state index contributed by atoms with van der Waals surface area (Å²) in [5, 5.41) is 2.96. The smallest absolute Gasteiger partial charge is 0.355 e. The Bertz CT molecular complexity index is 501. The Morgan fingerprint density at radius 1 is 1.16 bits per heavy atom. The molecule has 4 heteroatoms. The minimum absolute atomic E-state index is 0.164. The molecule has 1 aromatic rings. The maximum Gasteiger partial charge on any atom is 0.355 e. The lowest BCUT2D eigenvalue weighted by atomic mass is 10.1. The van der Waals surface area contributed by atoms with Gasteiger partial charge >= 0.3 is 5.97 Å². The Hall–Kier alpha value is -2.10. The van der Waals surface area contributed by atoms with E-state index in [4.69, 9.17) is 4.74 Å². The van der Waals surface area contributed by atoms with Crippen molar-refractivity contribution in [1.82, 2.24) is 0 Å². The van der Waals surface area contributed by atoms with Crippen molar-refractivity contribution in [3.63, 3.8) is 0 Å². The van der Waals surface area contributed by atoms with Crippen molar-refractivity contribution in [1.29, 1.82) is 0 Å². The molecular formula is C15H19NO3. The van der Waals surface area contributed by atoms with E-state index in [0.29, 0.717) is 5.57 Å². The minimum atomic E-state index is -0.518. The standard InChI is InChI=1S/C15H19NO3/c1-5-19-15(18)14(11(3)12(4)17)16-13-8-6-10(2)7-9-13/h6-9,16H,5H2,1-4H3/b14-11+. The van der Waals surface area contributed by atoms with Gasteiger partial charge in [-0.3, -0.25) is 4.79 Å². The zero-order valence-electron chi connectivity index (χ0n) is 11.7. The van der Waals surface area contributed by atoms with Crippen LogP contribution < -0.4 is 5.32 Å². The van der Waals surface area contributed by atoms with Gasteiger partial charge in [0.2, 0.25) is 0 Å². The first-order chi connectivity index (χ1) is 8.95. The second-order valence-corrected chi connectivity index (χ2v) is 4.27. The van der Waals surface area contributed by atoms with E-state index >= 15 is 0 Å². The number of ketones is 1. The molecule has 0 amide bonds. The number of carbonyl (C=O) groups excluding carboxylic acids is 2. The summed E-state index contributed by atoms with van der Waals surface area (Å²) >= 11 is 0. The van der Waals surface area contributed by atoms with E-state index in [2.05, 4.69) is 5.32 Å². The Balaban J connectivity index is 3.05. The monoisotopic (exact) mass is 261 g/mol. The fourth-order valence-corrected chi connectivity index (χ4v) is 1.46. The average Bonchev–Trinajstić information content (AvgIpc) is 2.37. The SMILES string of the molecule is CCOC(=O)/C(Nc1ccc(C)cc1)=C(/C)C(C)=O. The lowest BCUT2D eigenvalue weighted by molar-refractivity contribution is -0.138. The number of anilines is 1. The van der Waals surface area contributed by atoms with Crippen molar-refractivity contribution in [2.75, 3.05) is 11.9 Å². The molecule has 102 valence electrons. The van der Waals surface area contributed by atoms with E-state index in [1.165, 1.54) is 6.92 Å². The van der Waals surface area contributed by atoms with Gasteiger partial charge in [-0.25, -0.2) is 4.79 Å². The van der Waals surface area contributed by atoms with Crippen molar-refractivity contribution < 1.29 is 14.3 Å². The summed E-state index contributed by atoms with van der Waals surface area (Å²) < 4.78 is 4.96. The number of hydrogen-bond donors (Lipinski definition) is 1. The molecule has 19 heavy (non-hydrogen) atoms. The van der Waals surface area contributed by atoms with Gasteiger partial charge in [0, 0.05) is 11.3 Å². The summed E-state index contributed by atoms with van der Waals surface area (Å²) in [6.45, 7) is 7.00. The molecule has 0 unspecified atom stereocenters. The predicted molar refractivity (Wildman–Crippen MR) is 74.8 cm³/mol. The van der Waals surface area contributed by atoms with Crippen molar-refractivity contribution in [3.05, 3.63) is 41.1 Å². The molecule has 0 aromatic heterocycles. The molecule has 0 heterocycles. The van der Waals surface area contributed by atoms with Crippen LogP contribution in [-0.2, 0) is 14.3 Å². The van der Waals surface area contributed by atoms with Crippen LogP contribution in [0.25, 0.3) is 0 Å². The van der Waals surface area contributed by atoms with Crippen molar-refractivity contribution in [2.45, 2.75) is 27.7 Å². The van der Waals surface area contributed by atoms with Crippen molar-refractivity contribution >= 4 is 17.4 Å². The Morgan fingerprint density at radius 2 is 1.74 bits per heavy atom. The molecule has 0 aliphatic carbocycles. The molecule has 0 aliphatic heterocycles. The Labute approximate surface area is 113 Å². The van der Waals surface area contributed by atoms with E-state index in [1.807, 2.05) is 31.2 Å². The number of esters is 1. The number of Topliss-reactive ketones (excluding diaryl/α,β-unsaturated/α-hetero) is 1. The fourth-order valence-electron chi connectivity index (χ4n) is 1.46. The molecule has 1 N–H and O–H groups in total. The van der Waals surface area contributed by atoms with Crippen molar-refractivity contribution in [3.8, 4) is 0 Å². The Kier molecular flexibility index (Phi) is 5.30. The molecule has 0 saturated heterocycles. The zero-order chi connectivity index (χ0) is 14.4. The van der Waals surface area contributed by atoms with Gasteiger partial charge in [0.1, 0.15) is 5.70 Å². The molecule has 0 radical (unpaired) electrons. The van der Waals surface area contributed by atoms with Crippen LogP contribution in [0.5, 0.6) is 0 Å². The summed E-state index contributed by atoms with van der Waals surface area (Å²) in [7, 11) is 0. The molecule has 0 aliphatic rings. The van der Waals surface area contributed by atoms with Gasteiger partial charge in [-0.15, -0.1) is 0 Å². The highest BCUT2D eigenvalue weighted by molar-refractivity contribution is 6.04. The number of ether oxygens (including phenoxy) is 1. The lowest BCUT2D eigenvalue weighted by Gasteiger charge is -2.12. The summed E-state index contributed by atoms with van der Waals surface area (Å²) in [5.74, 6) is -0.682. The van der Waals surface area contributed by atoms with E-state index < -0.39 is 5.97 Å². The maximum atomic E-state index is 11.9. The highest BCUT2D eigenvalue weighted by Gasteiger charge is 2.16. The van der Waals surface area contributed by atoms with Gasteiger partial charge in [0.25, 0.3) is 0 Å². The molecule has 0 saturated carbocycles. The quantitative estimate of drug-likeness (QED) is 0.654. The summed E-state index contributed by atoms with van der Waals surface area (Å²) in [6, 6.07) is 7.55. The van der Waals surface area contributed by atoms with Crippen LogP contribution in [0.1, 0.15) is 26.3 Å². The molecule has 0 spiro atoms. The number of carbonyl (C=O) groups is 2. The van der Waals surface area contributed by atoms with Crippen LogP contribution >= 0.6 is 0 Å². The number of rotatable bonds is 5.